The smallest absolute Gasteiger partial charge is 0.306 e. The maximum atomic E-state index is 11.6. The molecule has 0 aromatic heterocycles. The molecule has 0 heterocycles. The van der Waals surface area contributed by atoms with Crippen LogP contribution in [0.2, 0.25) is 5.04 Å². The molecule has 2 atom stereocenters. The van der Waals surface area contributed by atoms with Gasteiger partial charge < -0.3 is 9.53 Å². The summed E-state index contributed by atoms with van der Waals surface area (Å²) < 4.78 is 7.07. The van der Waals surface area contributed by atoms with Gasteiger partial charge in [-0.05, 0) is 34.7 Å². The summed E-state index contributed by atoms with van der Waals surface area (Å²) >= 11 is 0. The Morgan fingerprint density at radius 2 is 1.48 bits per heavy atom. The molecule has 3 rings (SSSR count). The summed E-state index contributed by atoms with van der Waals surface area (Å²) in [7, 11) is -2.59. The molecule has 0 aliphatic heterocycles. The van der Waals surface area contributed by atoms with Crippen LogP contribution >= 0.6 is 0 Å². The minimum absolute atomic E-state index is 0.00819. The molecule has 1 aliphatic carbocycles. The zero-order valence-electron chi connectivity index (χ0n) is 16.5. The van der Waals surface area contributed by atoms with Gasteiger partial charge in [0.05, 0.1) is 5.92 Å². The van der Waals surface area contributed by atoms with Crippen molar-refractivity contribution in [2.24, 2.45) is 5.92 Å². The van der Waals surface area contributed by atoms with Crippen LogP contribution in [0.15, 0.2) is 60.7 Å². The molecular weight excluding hydrogens is 352 g/mol. The normalized spacial score (nSPS) is 21.0. The summed E-state index contributed by atoms with van der Waals surface area (Å²) in [5, 5.41) is 11.9. The average Bonchev–Trinajstić information content (AvgIpc) is 2.66. The molecule has 0 spiro atoms. The molecule has 1 fully saturated rings. The van der Waals surface area contributed by atoms with E-state index in [-0.39, 0.29) is 17.1 Å². The fraction of sp³-hybridized carbons (Fsp3) is 0.435. The fourth-order valence-corrected chi connectivity index (χ4v) is 9.15. The summed E-state index contributed by atoms with van der Waals surface area (Å²) in [6.07, 6.45) is 3.22. The van der Waals surface area contributed by atoms with E-state index in [0.717, 1.165) is 19.3 Å². The van der Waals surface area contributed by atoms with E-state index < -0.39 is 14.3 Å². The van der Waals surface area contributed by atoms with Crippen molar-refractivity contribution in [3.63, 3.8) is 0 Å². The van der Waals surface area contributed by atoms with Crippen LogP contribution in [0.5, 0.6) is 0 Å². The fourth-order valence-electron chi connectivity index (χ4n) is 4.42. The second-order valence-corrected chi connectivity index (χ2v) is 12.9. The molecule has 2 aromatic rings. The van der Waals surface area contributed by atoms with Gasteiger partial charge in [-0.15, -0.1) is 0 Å². The Labute approximate surface area is 163 Å². The third-order valence-electron chi connectivity index (χ3n) is 5.74. The van der Waals surface area contributed by atoms with Gasteiger partial charge in [0, 0.05) is 6.10 Å². The quantitative estimate of drug-likeness (QED) is 0.788. The highest BCUT2D eigenvalue weighted by atomic mass is 28.4. The molecular formula is C23H30O3Si. The van der Waals surface area contributed by atoms with Crippen molar-refractivity contribution in [2.45, 2.75) is 57.6 Å². The van der Waals surface area contributed by atoms with E-state index in [1.54, 1.807) is 0 Å². The zero-order valence-corrected chi connectivity index (χ0v) is 17.5. The molecule has 1 saturated carbocycles. The lowest BCUT2D eigenvalue weighted by molar-refractivity contribution is -0.143. The minimum atomic E-state index is -2.59. The zero-order chi connectivity index (χ0) is 19.5. The van der Waals surface area contributed by atoms with Crippen molar-refractivity contribution in [2.75, 3.05) is 0 Å². The molecule has 0 unspecified atom stereocenters. The molecule has 3 nitrogen and oxygen atoms in total. The number of aliphatic carboxylic acids is 1. The highest BCUT2D eigenvalue weighted by Gasteiger charge is 2.51. The summed E-state index contributed by atoms with van der Waals surface area (Å²) in [6, 6.07) is 21.1. The Hall–Kier alpha value is -1.91. The average molecular weight is 383 g/mol. The van der Waals surface area contributed by atoms with Crippen molar-refractivity contribution in [1.82, 2.24) is 0 Å². The lowest BCUT2D eigenvalue weighted by Gasteiger charge is -2.46. The SMILES string of the molecule is CC(C)(C)[Si](O[C@@H]1CCC[C@H](C(=O)O)C1)(c1ccccc1)c1ccccc1. The maximum Gasteiger partial charge on any atom is 0.306 e. The maximum absolute atomic E-state index is 11.6. The van der Waals surface area contributed by atoms with E-state index in [1.165, 1.54) is 10.4 Å². The van der Waals surface area contributed by atoms with Crippen LogP contribution in [0.3, 0.4) is 0 Å². The predicted molar refractivity (Wildman–Crippen MR) is 112 cm³/mol. The first-order chi connectivity index (χ1) is 12.8. The summed E-state index contributed by atoms with van der Waals surface area (Å²) in [6.45, 7) is 6.78. The first kappa shape index (κ1) is 19.8. The van der Waals surface area contributed by atoms with Crippen LogP contribution in [-0.2, 0) is 9.22 Å². The Kier molecular flexibility index (Phi) is 5.87. The van der Waals surface area contributed by atoms with Gasteiger partial charge >= 0.3 is 5.97 Å². The van der Waals surface area contributed by atoms with E-state index in [2.05, 4.69) is 69.3 Å². The summed E-state index contributed by atoms with van der Waals surface area (Å²) in [5.41, 5.74) is 0. The lowest BCUT2D eigenvalue weighted by atomic mass is 9.87. The van der Waals surface area contributed by atoms with Crippen LogP contribution in [0.25, 0.3) is 0 Å². The van der Waals surface area contributed by atoms with Gasteiger partial charge in [-0.3, -0.25) is 4.79 Å². The van der Waals surface area contributed by atoms with Crippen molar-refractivity contribution < 1.29 is 14.3 Å². The molecule has 0 radical (unpaired) electrons. The number of rotatable bonds is 5. The third kappa shape index (κ3) is 4.02. The Balaban J connectivity index is 2.08. The largest absolute Gasteiger partial charge is 0.481 e. The molecule has 0 saturated heterocycles. The van der Waals surface area contributed by atoms with Crippen LogP contribution in [0.1, 0.15) is 46.5 Å². The number of benzene rings is 2. The minimum Gasteiger partial charge on any atom is -0.481 e. The summed E-state index contributed by atoms with van der Waals surface area (Å²) in [5.74, 6) is -0.979. The number of hydrogen-bond donors (Lipinski definition) is 1. The first-order valence-electron chi connectivity index (χ1n) is 9.86. The van der Waals surface area contributed by atoms with Crippen molar-refractivity contribution >= 4 is 24.7 Å². The van der Waals surface area contributed by atoms with Gasteiger partial charge in [0.2, 0.25) is 0 Å². The van der Waals surface area contributed by atoms with Crippen molar-refractivity contribution in [1.29, 1.82) is 0 Å². The van der Waals surface area contributed by atoms with E-state index in [9.17, 15) is 9.90 Å². The molecule has 0 bridgehead atoms. The molecule has 1 aliphatic rings. The molecule has 0 amide bonds. The van der Waals surface area contributed by atoms with Crippen LogP contribution in [0.4, 0.5) is 0 Å². The van der Waals surface area contributed by atoms with E-state index in [0.29, 0.717) is 6.42 Å². The number of carbonyl (C=O) groups is 1. The van der Waals surface area contributed by atoms with E-state index in [1.807, 2.05) is 12.1 Å². The summed E-state index contributed by atoms with van der Waals surface area (Å²) in [4.78, 5) is 11.6. The molecule has 144 valence electrons. The van der Waals surface area contributed by atoms with Gasteiger partial charge in [0.15, 0.2) is 0 Å². The number of carboxylic acids is 1. The highest BCUT2D eigenvalue weighted by Crippen LogP contribution is 2.39. The first-order valence-corrected chi connectivity index (χ1v) is 11.8. The highest BCUT2D eigenvalue weighted by molar-refractivity contribution is 6.99. The molecule has 2 aromatic carbocycles. The molecule has 1 N–H and O–H groups in total. The number of carboxylic acid groups (broad SMARTS) is 1. The molecule has 27 heavy (non-hydrogen) atoms. The standard InChI is InChI=1S/C23H30O3Si/c1-23(2,3)27(20-13-6-4-7-14-20,21-15-8-5-9-16-21)26-19-12-10-11-18(17-19)22(24)25/h4-9,13-16,18-19H,10-12,17H2,1-3H3,(H,24,25)/t18-,19+/m0/s1. The van der Waals surface area contributed by atoms with Gasteiger partial charge in [0.25, 0.3) is 8.32 Å². The topological polar surface area (TPSA) is 46.5 Å². The Morgan fingerprint density at radius 3 is 1.93 bits per heavy atom. The van der Waals surface area contributed by atoms with Crippen LogP contribution in [0, 0.1) is 5.92 Å². The van der Waals surface area contributed by atoms with Gasteiger partial charge in [0.1, 0.15) is 0 Å². The lowest BCUT2D eigenvalue weighted by Crippen LogP contribution is -2.68. The Morgan fingerprint density at radius 1 is 0.963 bits per heavy atom. The predicted octanol–water partition coefficient (Wildman–Crippen LogP) is 4.21. The van der Waals surface area contributed by atoms with Crippen LogP contribution < -0.4 is 10.4 Å². The monoisotopic (exact) mass is 382 g/mol. The van der Waals surface area contributed by atoms with Gasteiger partial charge in [-0.2, -0.15) is 0 Å². The third-order valence-corrected chi connectivity index (χ3v) is 10.8. The Bertz CT molecular complexity index is 713. The van der Waals surface area contributed by atoms with Crippen molar-refractivity contribution in [3.05, 3.63) is 60.7 Å². The van der Waals surface area contributed by atoms with Crippen LogP contribution in [-0.4, -0.2) is 25.5 Å². The second kappa shape index (κ2) is 7.99. The number of hydrogen-bond acceptors (Lipinski definition) is 2. The van der Waals surface area contributed by atoms with Gasteiger partial charge in [-0.25, -0.2) is 0 Å². The van der Waals surface area contributed by atoms with E-state index >= 15 is 0 Å². The van der Waals surface area contributed by atoms with Crippen molar-refractivity contribution in [3.8, 4) is 0 Å². The van der Waals surface area contributed by atoms with E-state index in [4.69, 9.17) is 4.43 Å². The van der Waals surface area contributed by atoms with Gasteiger partial charge in [-0.1, -0.05) is 87.9 Å². The second-order valence-electron chi connectivity index (χ2n) is 8.60. The molecule has 4 heteroatoms.